The Bertz CT molecular complexity index is 918. The number of rotatable bonds is 9. The number of aryl methyl sites for hydroxylation is 1. The Balaban J connectivity index is 1.98. The zero-order chi connectivity index (χ0) is 21.8. The van der Waals surface area contributed by atoms with E-state index in [-0.39, 0.29) is 11.8 Å². The van der Waals surface area contributed by atoms with E-state index in [1.807, 2.05) is 0 Å². The van der Waals surface area contributed by atoms with Crippen LogP contribution in [-0.4, -0.2) is 5.78 Å². The van der Waals surface area contributed by atoms with Crippen LogP contribution in [0.1, 0.15) is 111 Å². The van der Waals surface area contributed by atoms with Crippen molar-refractivity contribution < 1.29 is 4.79 Å². The molecule has 1 heteroatoms. The number of hydrogen-bond donors (Lipinski definition) is 0. The number of fused-ring (bicyclic) bond motifs is 1. The molecule has 0 N–H and O–H groups in total. The summed E-state index contributed by atoms with van der Waals surface area (Å²) in [5, 5.41) is 0. The zero-order valence-corrected chi connectivity index (χ0v) is 19.6. The second kappa shape index (κ2) is 9.77. The number of Topliss-reactive ketones (excluding diaryl/α,β-unsaturated/α-hetero) is 1. The number of allylic oxidation sites excluding steroid dienone is 1. The predicted molar refractivity (Wildman–Crippen MR) is 129 cm³/mol. The van der Waals surface area contributed by atoms with E-state index in [4.69, 9.17) is 0 Å². The predicted octanol–water partition coefficient (Wildman–Crippen LogP) is 8.11. The molecule has 0 radical (unpaired) electrons. The van der Waals surface area contributed by atoms with Crippen LogP contribution >= 0.6 is 0 Å². The molecule has 1 aliphatic carbocycles. The van der Waals surface area contributed by atoms with Gasteiger partial charge in [0.05, 0.1) is 0 Å². The molecule has 2 aromatic rings. The Hall–Kier alpha value is -2.15. The fourth-order valence-corrected chi connectivity index (χ4v) is 4.99. The van der Waals surface area contributed by atoms with Crippen LogP contribution in [-0.2, 0) is 11.2 Å². The molecule has 30 heavy (non-hydrogen) atoms. The van der Waals surface area contributed by atoms with Gasteiger partial charge >= 0.3 is 0 Å². The van der Waals surface area contributed by atoms with Crippen LogP contribution in [0.5, 0.6) is 0 Å². The van der Waals surface area contributed by atoms with E-state index in [1.165, 1.54) is 51.8 Å². The Morgan fingerprint density at radius 2 is 1.77 bits per heavy atom. The van der Waals surface area contributed by atoms with Gasteiger partial charge in [-0.25, -0.2) is 0 Å². The Kier molecular flexibility index (Phi) is 7.34. The van der Waals surface area contributed by atoms with Crippen LogP contribution in [0.4, 0.5) is 0 Å². The monoisotopic (exact) mass is 402 g/mol. The van der Waals surface area contributed by atoms with Crippen molar-refractivity contribution in [3.63, 3.8) is 0 Å². The highest BCUT2D eigenvalue weighted by Crippen LogP contribution is 2.44. The summed E-state index contributed by atoms with van der Waals surface area (Å²) in [6.45, 7) is 15.3. The van der Waals surface area contributed by atoms with Gasteiger partial charge in [0.2, 0.25) is 0 Å². The fraction of sp³-hybridized carbons (Fsp3) is 0.483. The molecule has 0 aromatic heterocycles. The number of benzene rings is 2. The first kappa shape index (κ1) is 22.5. The molecule has 0 heterocycles. The van der Waals surface area contributed by atoms with Crippen molar-refractivity contribution in [2.75, 3.05) is 0 Å². The summed E-state index contributed by atoms with van der Waals surface area (Å²) in [4.78, 5) is 13.6. The summed E-state index contributed by atoms with van der Waals surface area (Å²) in [6.07, 6.45) is 6.17. The minimum atomic E-state index is -0.0196. The van der Waals surface area contributed by atoms with Crippen LogP contribution in [0.2, 0.25) is 0 Å². The van der Waals surface area contributed by atoms with Gasteiger partial charge in [0.15, 0.2) is 0 Å². The van der Waals surface area contributed by atoms with Gasteiger partial charge in [-0.05, 0) is 71.9 Å². The lowest BCUT2D eigenvalue weighted by molar-refractivity contribution is -0.121. The zero-order valence-electron chi connectivity index (χ0n) is 19.6. The van der Waals surface area contributed by atoms with Gasteiger partial charge in [-0.3, -0.25) is 4.79 Å². The minimum absolute atomic E-state index is 0.0196. The standard InChI is InChI=1S/C29H38O/c1-7-9-11-21(6)22-13-15-25-27(17-22)26(10-8-2)29(30)28(25)18-23-16-20(5)12-14-24(23)19(3)4/h12-17,19,26,28H,6-11,18H2,1-5H3. The largest absolute Gasteiger partial charge is 0.298 e. The number of carbonyl (C=O) groups is 1. The van der Waals surface area contributed by atoms with Crippen molar-refractivity contribution in [2.45, 2.75) is 90.9 Å². The van der Waals surface area contributed by atoms with Crippen molar-refractivity contribution in [2.24, 2.45) is 0 Å². The lowest BCUT2D eigenvalue weighted by atomic mass is 9.86. The van der Waals surface area contributed by atoms with Gasteiger partial charge in [0.1, 0.15) is 5.78 Å². The maximum absolute atomic E-state index is 13.6. The van der Waals surface area contributed by atoms with E-state index in [1.54, 1.807) is 0 Å². The van der Waals surface area contributed by atoms with Crippen molar-refractivity contribution in [1.82, 2.24) is 0 Å². The summed E-state index contributed by atoms with van der Waals surface area (Å²) in [6, 6.07) is 13.4. The van der Waals surface area contributed by atoms with Crippen molar-refractivity contribution >= 4 is 11.4 Å². The van der Waals surface area contributed by atoms with Crippen molar-refractivity contribution in [3.8, 4) is 0 Å². The molecule has 160 valence electrons. The van der Waals surface area contributed by atoms with Gasteiger partial charge in [-0.2, -0.15) is 0 Å². The first-order valence-electron chi connectivity index (χ1n) is 11.8. The third-order valence-electron chi connectivity index (χ3n) is 6.69. The van der Waals surface area contributed by atoms with Crippen LogP contribution in [0, 0.1) is 6.92 Å². The molecular formula is C29H38O. The fourth-order valence-electron chi connectivity index (χ4n) is 4.99. The molecule has 0 amide bonds. The second-order valence-electron chi connectivity index (χ2n) is 9.41. The van der Waals surface area contributed by atoms with E-state index in [2.05, 4.69) is 77.6 Å². The maximum atomic E-state index is 13.6. The average Bonchev–Trinajstić information content (AvgIpc) is 2.97. The van der Waals surface area contributed by atoms with Gasteiger partial charge < -0.3 is 0 Å². The highest BCUT2D eigenvalue weighted by Gasteiger charge is 2.39. The van der Waals surface area contributed by atoms with E-state index >= 15 is 0 Å². The van der Waals surface area contributed by atoms with Gasteiger partial charge in [0, 0.05) is 11.8 Å². The van der Waals surface area contributed by atoms with Crippen LogP contribution in [0.25, 0.3) is 5.57 Å². The smallest absolute Gasteiger partial charge is 0.148 e. The highest BCUT2D eigenvalue weighted by atomic mass is 16.1. The van der Waals surface area contributed by atoms with Gasteiger partial charge in [-0.1, -0.05) is 89.1 Å². The van der Waals surface area contributed by atoms with E-state index < -0.39 is 0 Å². The van der Waals surface area contributed by atoms with Crippen LogP contribution in [0.15, 0.2) is 43.0 Å². The maximum Gasteiger partial charge on any atom is 0.148 e. The Morgan fingerprint density at radius 1 is 1.00 bits per heavy atom. The molecule has 0 spiro atoms. The SMILES string of the molecule is C=C(CCCC)c1ccc2c(c1)C(CCC)C(=O)C2Cc1cc(C)ccc1C(C)C. The number of ketones is 1. The molecule has 0 bridgehead atoms. The van der Waals surface area contributed by atoms with Crippen LogP contribution in [0.3, 0.4) is 0 Å². The average molecular weight is 403 g/mol. The molecule has 0 fully saturated rings. The molecular weight excluding hydrogens is 364 g/mol. The van der Waals surface area contributed by atoms with Gasteiger partial charge in [-0.15, -0.1) is 0 Å². The van der Waals surface area contributed by atoms with Crippen molar-refractivity contribution in [3.05, 3.63) is 76.4 Å². The summed E-state index contributed by atoms with van der Waals surface area (Å²) in [7, 11) is 0. The van der Waals surface area contributed by atoms with E-state index in [0.717, 1.165) is 25.7 Å². The quantitative estimate of drug-likeness (QED) is 0.414. The normalized spacial score (nSPS) is 18.1. The lowest BCUT2D eigenvalue weighted by Crippen LogP contribution is -2.14. The third-order valence-corrected chi connectivity index (χ3v) is 6.69. The molecule has 2 aromatic carbocycles. The number of hydrogen-bond acceptors (Lipinski definition) is 1. The lowest BCUT2D eigenvalue weighted by Gasteiger charge is -2.18. The topological polar surface area (TPSA) is 17.1 Å². The molecule has 0 saturated carbocycles. The summed E-state index contributed by atoms with van der Waals surface area (Å²) in [5.74, 6) is 0.904. The van der Waals surface area contributed by atoms with Gasteiger partial charge in [0.25, 0.3) is 0 Å². The molecule has 3 rings (SSSR count). The number of unbranched alkanes of at least 4 members (excludes halogenated alkanes) is 1. The molecule has 2 atom stereocenters. The summed E-state index contributed by atoms with van der Waals surface area (Å²) in [5.41, 5.74) is 8.92. The number of carbonyl (C=O) groups excluding carboxylic acids is 1. The third kappa shape index (κ3) is 4.61. The molecule has 1 aliphatic rings. The molecule has 0 aliphatic heterocycles. The Morgan fingerprint density at radius 3 is 2.43 bits per heavy atom. The summed E-state index contributed by atoms with van der Waals surface area (Å²) >= 11 is 0. The van der Waals surface area contributed by atoms with E-state index in [0.29, 0.717) is 11.7 Å². The van der Waals surface area contributed by atoms with Crippen molar-refractivity contribution in [1.29, 1.82) is 0 Å². The molecule has 1 nitrogen and oxygen atoms in total. The summed E-state index contributed by atoms with van der Waals surface area (Å²) < 4.78 is 0. The second-order valence-corrected chi connectivity index (χ2v) is 9.41. The highest BCUT2D eigenvalue weighted by molar-refractivity contribution is 5.97. The minimum Gasteiger partial charge on any atom is -0.298 e. The van der Waals surface area contributed by atoms with Crippen LogP contribution < -0.4 is 0 Å². The van der Waals surface area contributed by atoms with E-state index in [9.17, 15) is 4.79 Å². The molecule has 2 unspecified atom stereocenters. The molecule has 0 saturated heterocycles. The first-order valence-corrected chi connectivity index (χ1v) is 11.8. The Labute approximate surface area is 183 Å². The first-order chi connectivity index (χ1) is 14.4.